The third-order valence-corrected chi connectivity index (χ3v) is 5.22. The van der Waals surface area contributed by atoms with Crippen LogP contribution in [0.3, 0.4) is 0 Å². The molecule has 0 saturated heterocycles. The maximum absolute atomic E-state index is 12.3. The number of aromatic nitrogens is 2. The van der Waals surface area contributed by atoms with Crippen LogP contribution in [0.5, 0.6) is 0 Å². The van der Waals surface area contributed by atoms with Crippen molar-refractivity contribution in [1.82, 2.24) is 9.97 Å². The van der Waals surface area contributed by atoms with Gasteiger partial charge in [0.15, 0.2) is 0 Å². The summed E-state index contributed by atoms with van der Waals surface area (Å²) in [6.45, 7) is 0. The van der Waals surface area contributed by atoms with E-state index in [1.54, 1.807) is 29.7 Å². The number of rotatable bonds is 3. The van der Waals surface area contributed by atoms with Gasteiger partial charge in [-0.3, -0.25) is 4.79 Å². The first-order valence-corrected chi connectivity index (χ1v) is 9.19. The second-order valence-electron chi connectivity index (χ2n) is 5.39. The van der Waals surface area contributed by atoms with Gasteiger partial charge in [-0.05, 0) is 60.7 Å². The van der Waals surface area contributed by atoms with Gasteiger partial charge < -0.3 is 5.32 Å². The van der Waals surface area contributed by atoms with Gasteiger partial charge in [-0.2, -0.15) is 0 Å². The van der Waals surface area contributed by atoms with E-state index in [1.165, 1.54) is 0 Å². The number of benzene rings is 2. The normalized spacial score (nSPS) is 10.8. The van der Waals surface area contributed by atoms with Gasteiger partial charge in [0.1, 0.15) is 15.4 Å². The van der Waals surface area contributed by atoms with Crippen molar-refractivity contribution in [3.05, 3.63) is 76.9 Å². The first-order chi connectivity index (χ1) is 12.2. The summed E-state index contributed by atoms with van der Waals surface area (Å²) in [5, 5.41) is 3.82. The van der Waals surface area contributed by atoms with Gasteiger partial charge in [0.2, 0.25) is 0 Å². The molecule has 0 aliphatic carbocycles. The highest BCUT2D eigenvalue weighted by Crippen LogP contribution is 2.29. The molecule has 0 spiro atoms. The van der Waals surface area contributed by atoms with Crippen LogP contribution in [0.2, 0.25) is 0 Å². The van der Waals surface area contributed by atoms with Crippen LogP contribution in [0.1, 0.15) is 10.4 Å². The Hall–Kier alpha value is -2.57. The number of pyridine rings is 1. The number of hydrogen-bond donors (Lipinski definition) is 1. The summed E-state index contributed by atoms with van der Waals surface area (Å²) in [6, 6.07) is 18.8. The Labute approximate surface area is 156 Å². The van der Waals surface area contributed by atoms with E-state index in [2.05, 4.69) is 31.2 Å². The predicted molar refractivity (Wildman–Crippen MR) is 105 cm³/mol. The van der Waals surface area contributed by atoms with E-state index in [9.17, 15) is 4.79 Å². The van der Waals surface area contributed by atoms with Crippen molar-refractivity contribution in [3.63, 3.8) is 0 Å². The molecule has 0 radical (unpaired) electrons. The molecule has 2 aromatic carbocycles. The Morgan fingerprint density at radius 3 is 2.48 bits per heavy atom. The van der Waals surface area contributed by atoms with E-state index < -0.39 is 0 Å². The molecule has 0 unspecified atom stereocenters. The lowest BCUT2D eigenvalue weighted by atomic mass is 10.2. The number of carbonyl (C=O) groups excluding carboxylic acids is 1. The van der Waals surface area contributed by atoms with Gasteiger partial charge in [0.05, 0.1) is 0 Å². The zero-order valence-corrected chi connectivity index (χ0v) is 15.3. The quantitative estimate of drug-likeness (QED) is 0.494. The molecular formula is C19H12BrN3OS. The van der Waals surface area contributed by atoms with Crippen LogP contribution < -0.4 is 5.32 Å². The zero-order chi connectivity index (χ0) is 17.2. The summed E-state index contributed by atoms with van der Waals surface area (Å²) >= 11 is 4.92. The van der Waals surface area contributed by atoms with Crippen molar-refractivity contribution in [3.8, 4) is 10.6 Å². The van der Waals surface area contributed by atoms with Crippen molar-refractivity contribution in [2.75, 3.05) is 5.32 Å². The van der Waals surface area contributed by atoms with Crippen molar-refractivity contribution >= 4 is 49.2 Å². The van der Waals surface area contributed by atoms with Crippen LogP contribution in [0.25, 0.3) is 20.9 Å². The van der Waals surface area contributed by atoms with Crippen LogP contribution >= 0.6 is 27.3 Å². The number of nitrogens with one attached hydrogen (secondary N) is 1. The van der Waals surface area contributed by atoms with Gasteiger partial charge in [-0.15, -0.1) is 0 Å². The van der Waals surface area contributed by atoms with Gasteiger partial charge in [0, 0.05) is 27.5 Å². The minimum absolute atomic E-state index is 0.135. The van der Waals surface area contributed by atoms with Crippen molar-refractivity contribution in [1.29, 1.82) is 0 Å². The molecule has 2 aromatic heterocycles. The second-order valence-corrected chi connectivity index (χ2v) is 7.28. The topological polar surface area (TPSA) is 54.9 Å². The first kappa shape index (κ1) is 15.9. The van der Waals surface area contributed by atoms with Gasteiger partial charge in [-0.1, -0.05) is 27.3 Å². The molecule has 0 aliphatic rings. The van der Waals surface area contributed by atoms with Crippen molar-refractivity contribution in [2.24, 2.45) is 0 Å². The van der Waals surface area contributed by atoms with E-state index in [-0.39, 0.29) is 5.91 Å². The third kappa shape index (κ3) is 3.45. The summed E-state index contributed by atoms with van der Waals surface area (Å²) in [5.74, 6) is -0.135. The molecule has 1 amide bonds. The SMILES string of the molecule is O=C(Nc1ccc(-c2nc3cccnc3s2)cc1)c1ccc(Br)cc1. The zero-order valence-electron chi connectivity index (χ0n) is 12.9. The molecule has 122 valence electrons. The largest absolute Gasteiger partial charge is 0.322 e. The number of thiazole rings is 1. The highest BCUT2D eigenvalue weighted by atomic mass is 79.9. The number of hydrogen-bond acceptors (Lipinski definition) is 4. The maximum Gasteiger partial charge on any atom is 0.255 e. The molecule has 0 aliphatic heterocycles. The van der Waals surface area contributed by atoms with E-state index in [0.29, 0.717) is 5.56 Å². The fourth-order valence-corrected chi connectivity index (χ4v) is 3.57. The molecule has 0 fully saturated rings. The van der Waals surface area contributed by atoms with E-state index in [0.717, 1.165) is 31.1 Å². The number of anilines is 1. The van der Waals surface area contributed by atoms with Crippen LogP contribution in [0.15, 0.2) is 71.3 Å². The lowest BCUT2D eigenvalue weighted by molar-refractivity contribution is 0.102. The molecule has 4 rings (SSSR count). The fourth-order valence-electron chi connectivity index (χ4n) is 2.39. The number of fused-ring (bicyclic) bond motifs is 1. The molecule has 0 saturated carbocycles. The fraction of sp³-hybridized carbons (Fsp3) is 0. The lowest BCUT2D eigenvalue weighted by Crippen LogP contribution is -2.11. The monoisotopic (exact) mass is 409 g/mol. The van der Waals surface area contributed by atoms with Gasteiger partial charge in [0.25, 0.3) is 5.91 Å². The summed E-state index contributed by atoms with van der Waals surface area (Å²) in [4.78, 5) is 22.1. The molecule has 25 heavy (non-hydrogen) atoms. The molecule has 0 atom stereocenters. The van der Waals surface area contributed by atoms with Gasteiger partial charge >= 0.3 is 0 Å². The third-order valence-electron chi connectivity index (χ3n) is 3.66. The summed E-state index contributed by atoms with van der Waals surface area (Å²) in [5.41, 5.74) is 3.26. The van der Waals surface area contributed by atoms with E-state index in [1.807, 2.05) is 48.5 Å². The van der Waals surface area contributed by atoms with Crippen molar-refractivity contribution in [2.45, 2.75) is 0 Å². The number of nitrogens with zero attached hydrogens (tertiary/aromatic N) is 2. The summed E-state index contributed by atoms with van der Waals surface area (Å²) in [7, 11) is 0. The van der Waals surface area contributed by atoms with Crippen molar-refractivity contribution < 1.29 is 4.79 Å². The average Bonchev–Trinajstić information content (AvgIpc) is 3.07. The van der Waals surface area contributed by atoms with Crippen LogP contribution in [0, 0.1) is 0 Å². The standard InChI is InChI=1S/C19H12BrN3OS/c20-14-7-3-12(4-8-14)17(24)22-15-9-5-13(6-10-15)18-23-16-2-1-11-21-19(16)25-18/h1-11H,(H,22,24). The molecule has 1 N–H and O–H groups in total. The Morgan fingerprint density at radius 1 is 1.00 bits per heavy atom. The average molecular weight is 410 g/mol. The number of amides is 1. The van der Waals surface area contributed by atoms with Gasteiger partial charge in [-0.25, -0.2) is 9.97 Å². The second kappa shape index (κ2) is 6.74. The minimum Gasteiger partial charge on any atom is -0.322 e. The van der Waals surface area contributed by atoms with E-state index >= 15 is 0 Å². The highest BCUT2D eigenvalue weighted by molar-refractivity contribution is 9.10. The lowest BCUT2D eigenvalue weighted by Gasteiger charge is -2.06. The smallest absolute Gasteiger partial charge is 0.255 e. The van der Waals surface area contributed by atoms with Crippen LogP contribution in [0.4, 0.5) is 5.69 Å². The molecular weight excluding hydrogens is 398 g/mol. The molecule has 6 heteroatoms. The van der Waals surface area contributed by atoms with Crippen LogP contribution in [-0.4, -0.2) is 15.9 Å². The predicted octanol–water partition coefficient (Wildman–Crippen LogP) is 5.37. The maximum atomic E-state index is 12.3. The number of carbonyl (C=O) groups is 1. The van der Waals surface area contributed by atoms with Crippen LogP contribution in [-0.2, 0) is 0 Å². The summed E-state index contributed by atoms with van der Waals surface area (Å²) < 4.78 is 0.943. The Morgan fingerprint density at radius 2 is 1.76 bits per heavy atom. The minimum atomic E-state index is -0.135. The first-order valence-electron chi connectivity index (χ1n) is 7.58. The van der Waals surface area contributed by atoms with E-state index in [4.69, 9.17) is 0 Å². The highest BCUT2D eigenvalue weighted by Gasteiger charge is 2.08. The molecule has 2 heterocycles. The number of halogens is 1. The molecule has 4 aromatic rings. The molecule has 0 bridgehead atoms. The molecule has 4 nitrogen and oxygen atoms in total. The summed E-state index contributed by atoms with van der Waals surface area (Å²) in [6.07, 6.45) is 1.77. The Balaban J connectivity index is 1.53. The Kier molecular flexibility index (Phi) is 4.29. The Bertz CT molecular complexity index is 1010.